The van der Waals surface area contributed by atoms with Crippen molar-refractivity contribution in [1.29, 1.82) is 0 Å². The van der Waals surface area contributed by atoms with Gasteiger partial charge in [0.25, 0.3) is 0 Å². The Morgan fingerprint density at radius 2 is 1.65 bits per heavy atom. The van der Waals surface area contributed by atoms with Gasteiger partial charge in [-0.1, -0.05) is 34.1 Å². The smallest absolute Gasteiger partial charge is 0.131 e. The van der Waals surface area contributed by atoms with E-state index in [1.165, 1.54) is 0 Å². The summed E-state index contributed by atoms with van der Waals surface area (Å²) in [5.41, 5.74) is 1.25. The molecule has 0 radical (unpaired) electrons. The minimum absolute atomic E-state index is 0.0880. The number of nitrogens with one attached hydrogen (secondary N) is 1. The molecule has 20 heavy (non-hydrogen) atoms. The Morgan fingerprint density at radius 1 is 1.00 bits per heavy atom. The lowest BCUT2D eigenvalue weighted by Gasteiger charge is -2.21. The van der Waals surface area contributed by atoms with Gasteiger partial charge in [0.05, 0.1) is 0 Å². The predicted octanol–water partition coefficient (Wildman–Crippen LogP) is 5.13. The maximum absolute atomic E-state index is 5.97. The van der Waals surface area contributed by atoms with Crippen molar-refractivity contribution in [3.05, 3.63) is 58.6 Å². The molecule has 2 aromatic carbocycles. The molecular weight excluding hydrogens is 314 g/mol. The average molecular weight is 334 g/mol. The summed E-state index contributed by atoms with van der Waals surface area (Å²) in [7, 11) is 0. The topological polar surface area (TPSA) is 21.3 Å². The van der Waals surface area contributed by atoms with E-state index in [0.29, 0.717) is 0 Å². The van der Waals surface area contributed by atoms with Crippen LogP contribution in [-0.2, 0) is 6.54 Å². The van der Waals surface area contributed by atoms with Crippen LogP contribution in [0.15, 0.2) is 53.0 Å². The summed E-state index contributed by atoms with van der Waals surface area (Å²) in [6, 6.07) is 16.0. The highest BCUT2D eigenvalue weighted by Crippen LogP contribution is 2.26. The zero-order chi connectivity index (χ0) is 14.6. The second-order valence-corrected chi connectivity index (χ2v) is 6.68. The van der Waals surface area contributed by atoms with Crippen LogP contribution in [0.3, 0.4) is 0 Å². The number of benzene rings is 2. The van der Waals surface area contributed by atoms with E-state index in [2.05, 4.69) is 48.1 Å². The Balaban J connectivity index is 2.13. The monoisotopic (exact) mass is 333 g/mol. The van der Waals surface area contributed by atoms with E-state index in [0.717, 1.165) is 28.1 Å². The Hall–Kier alpha value is -1.32. The first kappa shape index (κ1) is 15.1. The SMILES string of the molecule is CC(C)(C)NCc1ccccc1Oc1ccc(Br)cc1. The highest BCUT2D eigenvalue weighted by Gasteiger charge is 2.11. The van der Waals surface area contributed by atoms with E-state index in [1.807, 2.05) is 42.5 Å². The zero-order valence-electron chi connectivity index (χ0n) is 12.1. The van der Waals surface area contributed by atoms with E-state index in [1.54, 1.807) is 0 Å². The quantitative estimate of drug-likeness (QED) is 0.837. The molecule has 0 spiro atoms. The van der Waals surface area contributed by atoms with Crippen LogP contribution in [0.25, 0.3) is 0 Å². The molecule has 0 atom stereocenters. The lowest BCUT2D eigenvalue weighted by atomic mass is 10.1. The van der Waals surface area contributed by atoms with E-state index in [9.17, 15) is 0 Å². The van der Waals surface area contributed by atoms with E-state index >= 15 is 0 Å². The molecule has 0 saturated carbocycles. The summed E-state index contributed by atoms with van der Waals surface area (Å²) in [6.07, 6.45) is 0. The predicted molar refractivity (Wildman–Crippen MR) is 87.3 cm³/mol. The van der Waals surface area contributed by atoms with Crippen LogP contribution < -0.4 is 10.1 Å². The lowest BCUT2D eigenvalue weighted by molar-refractivity contribution is 0.414. The molecule has 2 nitrogen and oxygen atoms in total. The van der Waals surface area contributed by atoms with Crippen molar-refractivity contribution in [2.75, 3.05) is 0 Å². The summed E-state index contributed by atoms with van der Waals surface area (Å²) in [4.78, 5) is 0. The highest BCUT2D eigenvalue weighted by atomic mass is 79.9. The summed E-state index contributed by atoms with van der Waals surface area (Å²) in [5.74, 6) is 1.74. The lowest BCUT2D eigenvalue weighted by Crippen LogP contribution is -2.35. The molecule has 0 bridgehead atoms. The van der Waals surface area contributed by atoms with Gasteiger partial charge >= 0.3 is 0 Å². The van der Waals surface area contributed by atoms with Crippen LogP contribution in [0.2, 0.25) is 0 Å². The van der Waals surface area contributed by atoms with Gasteiger partial charge in [0.1, 0.15) is 11.5 Å². The number of hydrogen-bond donors (Lipinski definition) is 1. The first-order valence-corrected chi connectivity index (χ1v) is 7.50. The molecule has 0 saturated heterocycles. The molecular formula is C17H20BrNO. The molecule has 0 amide bonds. The number of rotatable bonds is 4. The second-order valence-electron chi connectivity index (χ2n) is 5.77. The summed E-state index contributed by atoms with van der Waals surface area (Å²) >= 11 is 3.43. The Labute approximate surface area is 129 Å². The van der Waals surface area contributed by atoms with E-state index in [4.69, 9.17) is 4.74 Å². The first-order valence-electron chi connectivity index (χ1n) is 6.70. The zero-order valence-corrected chi connectivity index (χ0v) is 13.7. The van der Waals surface area contributed by atoms with Crippen molar-refractivity contribution in [3.63, 3.8) is 0 Å². The molecule has 0 aliphatic heterocycles. The molecule has 0 aliphatic rings. The van der Waals surface area contributed by atoms with Crippen LogP contribution in [-0.4, -0.2) is 5.54 Å². The van der Waals surface area contributed by atoms with Crippen molar-refractivity contribution in [1.82, 2.24) is 5.32 Å². The van der Waals surface area contributed by atoms with Gasteiger partial charge in [0.2, 0.25) is 0 Å². The van der Waals surface area contributed by atoms with Gasteiger partial charge in [-0.25, -0.2) is 0 Å². The maximum atomic E-state index is 5.97. The number of para-hydroxylation sites is 1. The van der Waals surface area contributed by atoms with Crippen molar-refractivity contribution in [2.24, 2.45) is 0 Å². The van der Waals surface area contributed by atoms with Gasteiger partial charge in [-0.05, 0) is 51.1 Å². The van der Waals surface area contributed by atoms with Crippen molar-refractivity contribution < 1.29 is 4.74 Å². The van der Waals surface area contributed by atoms with E-state index < -0.39 is 0 Å². The molecule has 106 valence electrons. The number of ether oxygens (including phenoxy) is 1. The Kier molecular flexibility index (Phi) is 4.84. The standard InChI is InChI=1S/C17H20BrNO/c1-17(2,3)19-12-13-6-4-5-7-16(13)20-15-10-8-14(18)9-11-15/h4-11,19H,12H2,1-3H3. The minimum atomic E-state index is 0.0880. The van der Waals surface area contributed by atoms with Crippen LogP contribution in [0, 0.1) is 0 Å². The van der Waals surface area contributed by atoms with Crippen LogP contribution in [0.1, 0.15) is 26.3 Å². The van der Waals surface area contributed by atoms with Gasteiger partial charge < -0.3 is 10.1 Å². The minimum Gasteiger partial charge on any atom is -0.457 e. The average Bonchev–Trinajstić information content (AvgIpc) is 2.39. The van der Waals surface area contributed by atoms with Crippen LogP contribution in [0.4, 0.5) is 0 Å². The fraction of sp³-hybridized carbons (Fsp3) is 0.294. The van der Waals surface area contributed by atoms with Gasteiger partial charge in [0.15, 0.2) is 0 Å². The molecule has 0 aliphatic carbocycles. The van der Waals surface area contributed by atoms with Crippen molar-refractivity contribution in [2.45, 2.75) is 32.9 Å². The summed E-state index contributed by atoms with van der Waals surface area (Å²) < 4.78 is 7.02. The highest BCUT2D eigenvalue weighted by molar-refractivity contribution is 9.10. The number of hydrogen-bond acceptors (Lipinski definition) is 2. The normalized spacial score (nSPS) is 11.4. The van der Waals surface area contributed by atoms with Gasteiger partial charge in [0, 0.05) is 22.1 Å². The third-order valence-electron chi connectivity index (χ3n) is 2.82. The molecule has 3 heteroatoms. The fourth-order valence-corrected chi connectivity index (χ4v) is 2.00. The van der Waals surface area contributed by atoms with Crippen LogP contribution >= 0.6 is 15.9 Å². The van der Waals surface area contributed by atoms with E-state index in [-0.39, 0.29) is 5.54 Å². The molecule has 0 heterocycles. The molecule has 0 unspecified atom stereocenters. The molecule has 0 fully saturated rings. The summed E-state index contributed by atoms with van der Waals surface area (Å²) in [5, 5.41) is 3.49. The van der Waals surface area contributed by atoms with Gasteiger partial charge in [-0.3, -0.25) is 0 Å². The third-order valence-corrected chi connectivity index (χ3v) is 3.35. The summed E-state index contributed by atoms with van der Waals surface area (Å²) in [6.45, 7) is 7.26. The maximum Gasteiger partial charge on any atom is 0.131 e. The molecule has 2 aromatic rings. The van der Waals surface area contributed by atoms with Crippen molar-refractivity contribution in [3.8, 4) is 11.5 Å². The van der Waals surface area contributed by atoms with Gasteiger partial charge in [-0.15, -0.1) is 0 Å². The third kappa shape index (κ3) is 4.66. The second kappa shape index (κ2) is 6.42. The van der Waals surface area contributed by atoms with Gasteiger partial charge in [-0.2, -0.15) is 0 Å². The first-order chi connectivity index (χ1) is 9.44. The number of halogens is 1. The fourth-order valence-electron chi connectivity index (χ4n) is 1.74. The molecule has 1 N–H and O–H groups in total. The van der Waals surface area contributed by atoms with Crippen molar-refractivity contribution >= 4 is 15.9 Å². The molecule has 2 rings (SSSR count). The van der Waals surface area contributed by atoms with Crippen LogP contribution in [0.5, 0.6) is 11.5 Å². The largest absolute Gasteiger partial charge is 0.457 e. The Morgan fingerprint density at radius 3 is 2.30 bits per heavy atom. The molecule has 0 aromatic heterocycles. The Bertz CT molecular complexity index is 558.